The van der Waals surface area contributed by atoms with Crippen LogP contribution in [0.4, 0.5) is 0 Å². The SMILES string of the molecule is Cc1nc(C)c(C(=O)NCC2(CO)CC2)s1. The molecule has 4 nitrogen and oxygen atoms in total. The van der Waals surface area contributed by atoms with Gasteiger partial charge in [0.1, 0.15) is 4.88 Å². The summed E-state index contributed by atoms with van der Waals surface area (Å²) in [6, 6.07) is 0. The van der Waals surface area contributed by atoms with E-state index >= 15 is 0 Å². The average Bonchev–Trinajstić information content (AvgIpc) is 2.96. The molecule has 1 amide bonds. The maximum Gasteiger partial charge on any atom is 0.263 e. The van der Waals surface area contributed by atoms with E-state index in [1.807, 2.05) is 13.8 Å². The minimum Gasteiger partial charge on any atom is -0.396 e. The van der Waals surface area contributed by atoms with Gasteiger partial charge >= 0.3 is 0 Å². The summed E-state index contributed by atoms with van der Waals surface area (Å²) in [5, 5.41) is 12.9. The molecule has 1 aliphatic rings. The van der Waals surface area contributed by atoms with E-state index in [1.165, 1.54) is 11.3 Å². The second-order valence-corrected chi connectivity index (χ2v) is 5.69. The summed E-state index contributed by atoms with van der Waals surface area (Å²) in [7, 11) is 0. The third kappa shape index (κ3) is 2.25. The van der Waals surface area contributed by atoms with Crippen molar-refractivity contribution < 1.29 is 9.90 Å². The molecule has 1 fully saturated rings. The van der Waals surface area contributed by atoms with Crippen LogP contribution in [0.2, 0.25) is 0 Å². The maximum atomic E-state index is 11.8. The smallest absolute Gasteiger partial charge is 0.263 e. The van der Waals surface area contributed by atoms with E-state index in [9.17, 15) is 4.79 Å². The second kappa shape index (κ2) is 4.14. The molecular formula is C11H16N2O2S. The largest absolute Gasteiger partial charge is 0.396 e. The lowest BCUT2D eigenvalue weighted by Gasteiger charge is -2.11. The highest BCUT2D eigenvalue weighted by atomic mass is 32.1. The fourth-order valence-electron chi connectivity index (χ4n) is 1.66. The highest BCUT2D eigenvalue weighted by molar-refractivity contribution is 7.13. The van der Waals surface area contributed by atoms with Gasteiger partial charge in [0.2, 0.25) is 0 Å². The molecule has 1 saturated carbocycles. The van der Waals surface area contributed by atoms with Gasteiger partial charge < -0.3 is 10.4 Å². The highest BCUT2D eigenvalue weighted by Gasteiger charge is 2.42. The third-order valence-electron chi connectivity index (χ3n) is 3.03. The Hall–Kier alpha value is -0.940. The third-order valence-corrected chi connectivity index (χ3v) is 4.10. The molecule has 0 radical (unpaired) electrons. The van der Waals surface area contributed by atoms with Gasteiger partial charge in [-0.3, -0.25) is 4.79 Å². The Kier molecular flexibility index (Phi) is 2.99. The van der Waals surface area contributed by atoms with Crippen LogP contribution < -0.4 is 5.32 Å². The van der Waals surface area contributed by atoms with E-state index in [-0.39, 0.29) is 17.9 Å². The summed E-state index contributed by atoms with van der Waals surface area (Å²) in [4.78, 5) is 16.8. The molecule has 0 unspecified atom stereocenters. The van der Waals surface area contributed by atoms with E-state index in [2.05, 4.69) is 10.3 Å². The van der Waals surface area contributed by atoms with Crippen molar-refractivity contribution >= 4 is 17.2 Å². The summed E-state index contributed by atoms with van der Waals surface area (Å²) in [5.41, 5.74) is 0.748. The van der Waals surface area contributed by atoms with Crippen molar-refractivity contribution in [3.05, 3.63) is 15.6 Å². The first kappa shape index (κ1) is 11.5. The predicted molar refractivity (Wildman–Crippen MR) is 62.7 cm³/mol. The Balaban J connectivity index is 1.96. The average molecular weight is 240 g/mol. The number of nitrogens with one attached hydrogen (secondary N) is 1. The van der Waals surface area contributed by atoms with Crippen LogP contribution in [0.1, 0.15) is 33.2 Å². The number of aryl methyl sites for hydroxylation is 2. The molecule has 2 rings (SSSR count). The van der Waals surface area contributed by atoms with Gasteiger partial charge in [-0.15, -0.1) is 11.3 Å². The molecule has 1 aromatic rings. The molecule has 0 bridgehead atoms. The van der Waals surface area contributed by atoms with E-state index in [4.69, 9.17) is 5.11 Å². The number of amides is 1. The number of nitrogens with zero attached hydrogens (tertiary/aromatic N) is 1. The van der Waals surface area contributed by atoms with Gasteiger partial charge in [-0.2, -0.15) is 0 Å². The van der Waals surface area contributed by atoms with Crippen molar-refractivity contribution in [3.63, 3.8) is 0 Å². The molecule has 0 aromatic carbocycles. The summed E-state index contributed by atoms with van der Waals surface area (Å²) >= 11 is 1.42. The summed E-state index contributed by atoms with van der Waals surface area (Å²) in [5.74, 6) is -0.0668. The first-order valence-corrected chi connectivity index (χ1v) is 6.21. The van der Waals surface area contributed by atoms with Crippen molar-refractivity contribution in [2.75, 3.05) is 13.2 Å². The molecule has 0 aliphatic heterocycles. The zero-order valence-corrected chi connectivity index (χ0v) is 10.4. The highest BCUT2D eigenvalue weighted by Crippen LogP contribution is 2.44. The van der Waals surface area contributed by atoms with Crippen LogP contribution >= 0.6 is 11.3 Å². The number of aromatic nitrogens is 1. The van der Waals surface area contributed by atoms with Crippen LogP contribution in [0.15, 0.2) is 0 Å². The molecule has 0 saturated heterocycles. The van der Waals surface area contributed by atoms with Crippen molar-refractivity contribution in [1.29, 1.82) is 0 Å². The van der Waals surface area contributed by atoms with E-state index < -0.39 is 0 Å². The van der Waals surface area contributed by atoms with Gasteiger partial charge in [0.05, 0.1) is 17.3 Å². The van der Waals surface area contributed by atoms with Gasteiger partial charge in [-0.05, 0) is 26.7 Å². The summed E-state index contributed by atoms with van der Waals surface area (Å²) in [6.45, 7) is 4.47. The molecule has 0 atom stereocenters. The number of hydrogen-bond donors (Lipinski definition) is 2. The Labute approximate surface area is 98.7 Å². The monoisotopic (exact) mass is 240 g/mol. The Bertz CT molecular complexity index is 410. The molecule has 5 heteroatoms. The number of carbonyl (C=O) groups excluding carboxylic acids is 1. The van der Waals surface area contributed by atoms with Gasteiger partial charge in [-0.1, -0.05) is 0 Å². The van der Waals surface area contributed by atoms with Gasteiger partial charge in [-0.25, -0.2) is 4.98 Å². The van der Waals surface area contributed by atoms with Crippen LogP contribution in [0.25, 0.3) is 0 Å². The lowest BCUT2D eigenvalue weighted by molar-refractivity contribution is 0.0938. The quantitative estimate of drug-likeness (QED) is 0.833. The van der Waals surface area contributed by atoms with Crippen molar-refractivity contribution in [2.45, 2.75) is 26.7 Å². The fraction of sp³-hybridized carbons (Fsp3) is 0.636. The Morgan fingerprint density at radius 1 is 1.56 bits per heavy atom. The number of rotatable bonds is 4. The van der Waals surface area contributed by atoms with Crippen LogP contribution in [-0.4, -0.2) is 29.1 Å². The molecule has 1 heterocycles. The molecule has 1 aliphatic carbocycles. The topological polar surface area (TPSA) is 62.2 Å². The number of hydrogen-bond acceptors (Lipinski definition) is 4. The zero-order chi connectivity index (χ0) is 11.8. The van der Waals surface area contributed by atoms with Crippen LogP contribution in [0.3, 0.4) is 0 Å². The lowest BCUT2D eigenvalue weighted by Crippen LogP contribution is -2.31. The molecule has 1 aromatic heterocycles. The van der Waals surface area contributed by atoms with E-state index in [0.29, 0.717) is 11.4 Å². The molecule has 16 heavy (non-hydrogen) atoms. The first-order chi connectivity index (χ1) is 7.56. The second-order valence-electron chi connectivity index (χ2n) is 4.49. The number of aliphatic hydroxyl groups is 1. The van der Waals surface area contributed by atoms with E-state index in [1.54, 1.807) is 0 Å². The van der Waals surface area contributed by atoms with Gasteiger partial charge in [0, 0.05) is 12.0 Å². The standard InChI is InChI=1S/C11H16N2O2S/c1-7-9(16-8(2)13-7)10(15)12-5-11(6-14)3-4-11/h14H,3-6H2,1-2H3,(H,12,15). The van der Waals surface area contributed by atoms with Crippen LogP contribution in [0, 0.1) is 19.3 Å². The van der Waals surface area contributed by atoms with Crippen LogP contribution in [0.5, 0.6) is 0 Å². The normalized spacial score (nSPS) is 17.2. The maximum absolute atomic E-state index is 11.8. The van der Waals surface area contributed by atoms with Gasteiger partial charge in [0.25, 0.3) is 5.91 Å². The molecule has 2 N–H and O–H groups in total. The molecular weight excluding hydrogens is 224 g/mol. The first-order valence-electron chi connectivity index (χ1n) is 5.39. The fourth-order valence-corrected chi connectivity index (χ4v) is 2.49. The Morgan fingerprint density at radius 2 is 2.25 bits per heavy atom. The van der Waals surface area contributed by atoms with Gasteiger partial charge in [0.15, 0.2) is 0 Å². The van der Waals surface area contributed by atoms with E-state index in [0.717, 1.165) is 23.5 Å². The summed E-state index contributed by atoms with van der Waals surface area (Å²) < 4.78 is 0. The zero-order valence-electron chi connectivity index (χ0n) is 9.54. The van der Waals surface area contributed by atoms with Crippen molar-refractivity contribution in [2.24, 2.45) is 5.41 Å². The Morgan fingerprint density at radius 3 is 2.69 bits per heavy atom. The summed E-state index contributed by atoms with van der Waals surface area (Å²) in [6.07, 6.45) is 2.01. The lowest BCUT2D eigenvalue weighted by atomic mass is 10.1. The number of thiazole rings is 1. The van der Waals surface area contributed by atoms with Crippen LogP contribution in [-0.2, 0) is 0 Å². The minimum atomic E-state index is -0.0668. The number of aliphatic hydroxyl groups excluding tert-OH is 1. The number of carbonyl (C=O) groups is 1. The molecule has 0 spiro atoms. The van der Waals surface area contributed by atoms with Crippen molar-refractivity contribution in [3.8, 4) is 0 Å². The minimum absolute atomic E-state index is 0.0384. The molecule has 88 valence electrons. The van der Waals surface area contributed by atoms with Crippen molar-refractivity contribution in [1.82, 2.24) is 10.3 Å². The predicted octanol–water partition coefficient (Wildman–Crippen LogP) is 1.26.